The maximum Gasteiger partial charge on any atom is 0.254 e. The molecule has 1 unspecified atom stereocenters. The third-order valence-electron chi connectivity index (χ3n) is 4.72. The molecule has 2 aromatic rings. The second-order valence-electron chi connectivity index (χ2n) is 6.72. The molecule has 1 aliphatic rings. The number of likely N-dealkylation sites (tertiary alicyclic amines) is 1. The van der Waals surface area contributed by atoms with Gasteiger partial charge in [0.25, 0.3) is 11.8 Å². The summed E-state index contributed by atoms with van der Waals surface area (Å²) < 4.78 is 0.894. The summed E-state index contributed by atoms with van der Waals surface area (Å²) in [4.78, 5) is 39.0. The number of benzene rings is 2. The highest BCUT2D eigenvalue weighted by atomic mass is 79.9. The zero-order valence-electron chi connectivity index (χ0n) is 15.7. The molecule has 152 valence electrons. The van der Waals surface area contributed by atoms with Crippen LogP contribution in [0.5, 0.6) is 0 Å². The molecule has 0 spiro atoms. The molecule has 6 nitrogen and oxygen atoms in total. The maximum atomic E-state index is 12.7. The molecule has 8 heteroatoms. The van der Waals surface area contributed by atoms with Crippen LogP contribution >= 0.6 is 27.5 Å². The number of carbonyl (C=O) groups excluding carboxylic acids is 3. The SMILES string of the molecule is O=C(NCCNC(=O)C1CCCN1C(=O)c1ccc(Br)cc1)c1ccc(Cl)cc1. The Labute approximate surface area is 182 Å². The summed E-state index contributed by atoms with van der Waals surface area (Å²) in [5, 5.41) is 6.12. The van der Waals surface area contributed by atoms with Crippen LogP contribution in [0, 0.1) is 0 Å². The van der Waals surface area contributed by atoms with E-state index in [2.05, 4.69) is 26.6 Å². The fourth-order valence-electron chi connectivity index (χ4n) is 3.22. The third-order valence-corrected chi connectivity index (χ3v) is 5.50. The van der Waals surface area contributed by atoms with Gasteiger partial charge in [-0.3, -0.25) is 14.4 Å². The number of halogens is 2. The van der Waals surface area contributed by atoms with Crippen LogP contribution in [0.2, 0.25) is 5.02 Å². The molecule has 0 saturated carbocycles. The maximum absolute atomic E-state index is 12.7. The van der Waals surface area contributed by atoms with Gasteiger partial charge in [-0.1, -0.05) is 27.5 Å². The molecule has 2 N–H and O–H groups in total. The first kappa shape index (κ1) is 21.3. The molecule has 1 atom stereocenters. The van der Waals surface area contributed by atoms with E-state index < -0.39 is 6.04 Å². The normalized spacial score (nSPS) is 15.8. The van der Waals surface area contributed by atoms with Crippen molar-refractivity contribution in [2.45, 2.75) is 18.9 Å². The summed E-state index contributed by atoms with van der Waals surface area (Å²) in [6.45, 7) is 1.13. The Morgan fingerprint density at radius 2 is 1.59 bits per heavy atom. The number of amides is 3. The number of hydrogen-bond acceptors (Lipinski definition) is 3. The van der Waals surface area contributed by atoms with Crippen molar-refractivity contribution in [3.63, 3.8) is 0 Å². The fourth-order valence-corrected chi connectivity index (χ4v) is 3.61. The number of nitrogens with one attached hydrogen (secondary N) is 2. The summed E-state index contributed by atoms with van der Waals surface area (Å²) in [6, 6.07) is 13.2. The van der Waals surface area contributed by atoms with Crippen LogP contribution in [0.25, 0.3) is 0 Å². The van der Waals surface area contributed by atoms with Crippen LogP contribution in [0.1, 0.15) is 33.6 Å². The number of carbonyl (C=O) groups is 3. The highest BCUT2D eigenvalue weighted by Gasteiger charge is 2.34. The molecule has 29 heavy (non-hydrogen) atoms. The molecule has 0 bridgehead atoms. The van der Waals surface area contributed by atoms with E-state index in [-0.39, 0.29) is 24.3 Å². The van der Waals surface area contributed by atoms with Crippen LogP contribution in [0.15, 0.2) is 53.0 Å². The van der Waals surface area contributed by atoms with E-state index >= 15 is 0 Å². The fraction of sp³-hybridized carbons (Fsp3) is 0.286. The minimum atomic E-state index is -0.488. The van der Waals surface area contributed by atoms with Crippen molar-refractivity contribution in [3.8, 4) is 0 Å². The van der Waals surface area contributed by atoms with Gasteiger partial charge in [0.1, 0.15) is 6.04 Å². The molecule has 3 rings (SSSR count). The van der Waals surface area contributed by atoms with Crippen LogP contribution in [-0.2, 0) is 4.79 Å². The van der Waals surface area contributed by atoms with Crippen molar-refractivity contribution in [1.29, 1.82) is 0 Å². The Balaban J connectivity index is 1.48. The van der Waals surface area contributed by atoms with Gasteiger partial charge in [0, 0.05) is 40.3 Å². The van der Waals surface area contributed by atoms with Crippen LogP contribution < -0.4 is 10.6 Å². The molecule has 0 radical (unpaired) electrons. The standard InChI is InChI=1S/C21H21BrClN3O3/c22-16-7-3-15(4-8-16)21(29)26-13-1-2-18(26)20(28)25-12-11-24-19(27)14-5-9-17(23)10-6-14/h3-10,18H,1-2,11-13H2,(H,24,27)(H,25,28). The lowest BCUT2D eigenvalue weighted by Crippen LogP contribution is -2.47. The summed E-state index contributed by atoms with van der Waals surface area (Å²) in [7, 11) is 0. The smallest absolute Gasteiger partial charge is 0.254 e. The Hall–Kier alpha value is -2.38. The van der Waals surface area contributed by atoms with Crippen molar-refractivity contribution in [1.82, 2.24) is 15.5 Å². The van der Waals surface area contributed by atoms with E-state index in [1.54, 1.807) is 41.3 Å². The summed E-state index contributed by atoms with van der Waals surface area (Å²) >= 11 is 9.16. The van der Waals surface area contributed by atoms with Gasteiger partial charge in [0.2, 0.25) is 5.91 Å². The molecule has 2 aromatic carbocycles. The molecule has 1 fully saturated rings. The lowest BCUT2D eigenvalue weighted by molar-refractivity contribution is -0.124. The average Bonchev–Trinajstić information content (AvgIpc) is 3.21. The second kappa shape index (κ2) is 9.89. The monoisotopic (exact) mass is 477 g/mol. The second-order valence-corrected chi connectivity index (χ2v) is 8.07. The van der Waals surface area contributed by atoms with Gasteiger partial charge in [-0.2, -0.15) is 0 Å². The van der Waals surface area contributed by atoms with E-state index in [4.69, 9.17) is 11.6 Å². The quantitative estimate of drug-likeness (QED) is 0.626. The zero-order chi connectivity index (χ0) is 20.8. The van der Waals surface area contributed by atoms with E-state index in [9.17, 15) is 14.4 Å². The first-order chi connectivity index (χ1) is 14.0. The van der Waals surface area contributed by atoms with Gasteiger partial charge >= 0.3 is 0 Å². The Morgan fingerprint density at radius 1 is 0.966 bits per heavy atom. The minimum absolute atomic E-state index is 0.147. The number of hydrogen-bond donors (Lipinski definition) is 2. The van der Waals surface area contributed by atoms with Gasteiger partial charge < -0.3 is 15.5 Å². The van der Waals surface area contributed by atoms with Crippen LogP contribution in [-0.4, -0.2) is 48.3 Å². The number of nitrogens with zero attached hydrogens (tertiary/aromatic N) is 1. The predicted octanol–water partition coefficient (Wildman–Crippen LogP) is 3.25. The molecule has 1 heterocycles. The summed E-state index contributed by atoms with van der Waals surface area (Å²) in [5.74, 6) is -0.580. The zero-order valence-corrected chi connectivity index (χ0v) is 18.0. The minimum Gasteiger partial charge on any atom is -0.353 e. The van der Waals surface area contributed by atoms with E-state index in [0.717, 1.165) is 10.9 Å². The molecular formula is C21H21BrClN3O3. The molecule has 1 saturated heterocycles. The van der Waals surface area contributed by atoms with Gasteiger partial charge in [0.05, 0.1) is 0 Å². The summed E-state index contributed by atoms with van der Waals surface area (Å²) in [6.07, 6.45) is 1.42. The van der Waals surface area contributed by atoms with E-state index in [1.165, 1.54) is 0 Å². The first-order valence-electron chi connectivity index (χ1n) is 9.34. The lowest BCUT2D eigenvalue weighted by atomic mass is 10.1. The van der Waals surface area contributed by atoms with Crippen molar-refractivity contribution in [2.24, 2.45) is 0 Å². The molecule has 1 aliphatic heterocycles. The van der Waals surface area contributed by atoms with Crippen molar-refractivity contribution in [3.05, 3.63) is 69.2 Å². The van der Waals surface area contributed by atoms with Crippen LogP contribution in [0.4, 0.5) is 0 Å². The third kappa shape index (κ3) is 5.58. The first-order valence-corrected chi connectivity index (χ1v) is 10.5. The lowest BCUT2D eigenvalue weighted by Gasteiger charge is -2.24. The molecule has 0 aromatic heterocycles. The summed E-state index contributed by atoms with van der Waals surface area (Å²) in [5.41, 5.74) is 1.06. The Morgan fingerprint density at radius 3 is 2.28 bits per heavy atom. The average molecular weight is 479 g/mol. The topological polar surface area (TPSA) is 78.5 Å². The Bertz CT molecular complexity index is 887. The Kier molecular flexibility index (Phi) is 7.28. The molecule has 0 aliphatic carbocycles. The van der Waals surface area contributed by atoms with Crippen molar-refractivity contribution < 1.29 is 14.4 Å². The van der Waals surface area contributed by atoms with Gasteiger partial charge in [-0.25, -0.2) is 0 Å². The van der Waals surface area contributed by atoms with E-state index in [0.29, 0.717) is 35.7 Å². The highest BCUT2D eigenvalue weighted by molar-refractivity contribution is 9.10. The highest BCUT2D eigenvalue weighted by Crippen LogP contribution is 2.21. The molecular weight excluding hydrogens is 458 g/mol. The van der Waals surface area contributed by atoms with E-state index in [1.807, 2.05) is 12.1 Å². The van der Waals surface area contributed by atoms with Gasteiger partial charge in [0.15, 0.2) is 0 Å². The number of rotatable bonds is 6. The van der Waals surface area contributed by atoms with Crippen LogP contribution in [0.3, 0.4) is 0 Å². The van der Waals surface area contributed by atoms with Gasteiger partial charge in [-0.05, 0) is 61.4 Å². The predicted molar refractivity (Wildman–Crippen MR) is 115 cm³/mol. The molecule has 3 amide bonds. The van der Waals surface area contributed by atoms with Gasteiger partial charge in [-0.15, -0.1) is 0 Å². The van der Waals surface area contributed by atoms with Crippen molar-refractivity contribution in [2.75, 3.05) is 19.6 Å². The largest absolute Gasteiger partial charge is 0.353 e. The van der Waals surface area contributed by atoms with Crippen molar-refractivity contribution >= 4 is 45.3 Å².